The minimum atomic E-state index is -2.87. The maximum absolute atomic E-state index is 5.54. The van der Waals surface area contributed by atoms with Gasteiger partial charge in [0.15, 0.2) is 13.9 Å². The molecule has 0 N–H and O–H groups in total. The van der Waals surface area contributed by atoms with Crippen LogP contribution in [-0.4, -0.2) is 46.1 Å². The van der Waals surface area contributed by atoms with Crippen LogP contribution in [0.3, 0.4) is 0 Å². The lowest BCUT2D eigenvalue weighted by atomic mass is 10.1. The maximum atomic E-state index is 5.54. The Kier molecular flexibility index (Phi) is 9.11. The number of imidazole rings is 2. The molecule has 15 aromatic rings. The van der Waals surface area contributed by atoms with Gasteiger partial charge in [-0.05, 0) is 81.4 Å². The first-order valence-corrected chi connectivity index (χ1v) is 26.7. The van der Waals surface area contributed by atoms with Crippen LogP contribution in [-0.2, 0) is 0 Å². The van der Waals surface area contributed by atoms with Gasteiger partial charge in [-0.25, -0.2) is 9.55 Å². The molecule has 0 saturated heterocycles. The molecule has 10 aromatic carbocycles. The quantitative estimate of drug-likeness (QED) is 0.112. The summed E-state index contributed by atoms with van der Waals surface area (Å²) in [5, 5.41) is 9.90. The summed E-state index contributed by atoms with van der Waals surface area (Å²) < 4.78 is 8.86. The first kappa shape index (κ1) is 41.1. The third kappa shape index (κ3) is 6.13. The molecule has 0 fully saturated rings. The van der Waals surface area contributed by atoms with Crippen LogP contribution in [0.5, 0.6) is 0 Å². The number of hydrogen-bond acceptors (Lipinski definition) is 4. The molecule has 8 nitrogen and oxygen atoms in total. The summed E-state index contributed by atoms with van der Waals surface area (Å²) in [5.74, 6) is 2.24. The highest BCUT2D eigenvalue weighted by atomic mass is 28.3. The van der Waals surface area contributed by atoms with E-state index in [1.807, 2.05) is 6.07 Å². The molecule has 0 saturated carbocycles. The predicted molar refractivity (Wildman–Crippen MR) is 301 cm³/mol. The molecule has 0 radical (unpaired) electrons. The van der Waals surface area contributed by atoms with Crippen molar-refractivity contribution in [2.24, 2.45) is 0 Å². The van der Waals surface area contributed by atoms with Crippen LogP contribution in [0.15, 0.2) is 255 Å². The Balaban J connectivity index is 1.01. The summed E-state index contributed by atoms with van der Waals surface area (Å²) in [6, 6.07) is 91.5. The Morgan fingerprint density at radius 3 is 1.38 bits per heavy atom. The van der Waals surface area contributed by atoms with Crippen LogP contribution < -0.4 is 20.7 Å². The average Bonchev–Trinajstić information content (AvgIpc) is 4.20. The number of hydrogen-bond donors (Lipinski definition) is 0. The highest BCUT2D eigenvalue weighted by Gasteiger charge is 2.41. The number of benzene rings is 10. The van der Waals surface area contributed by atoms with Gasteiger partial charge in [-0.1, -0.05) is 194 Å². The van der Waals surface area contributed by atoms with Crippen molar-refractivity contribution in [1.29, 1.82) is 0 Å². The summed E-state index contributed by atoms with van der Waals surface area (Å²) in [5.41, 5.74) is 9.99. The molecule has 0 aliphatic carbocycles. The standard InChI is InChI=1S/C64H42N8Si/c1-4-23-45(24-5-1)73(46-25-6-2-7-26-46,47-27-8-3-9-28-47)48-39-40-57-52(42-48)51-31-12-16-35-56(51)70(57)62-66-61(43-21-20-22-44(41-43)69-54-33-14-10-29-49(54)50-30-11-15-34-55(50)69)67-63(68-62)72-60-38-19-18-37-59(60)71-58-36-17-13-32-53(58)65-64(71)72/h1-42H. The van der Waals surface area contributed by atoms with Crippen molar-refractivity contribution in [1.82, 2.24) is 38.0 Å². The number of para-hydroxylation sites is 7. The van der Waals surface area contributed by atoms with E-state index in [4.69, 9.17) is 19.9 Å². The molecule has 342 valence electrons. The van der Waals surface area contributed by atoms with Crippen LogP contribution in [0.1, 0.15) is 0 Å². The predicted octanol–water partition coefficient (Wildman–Crippen LogP) is 11.9. The Morgan fingerprint density at radius 1 is 0.288 bits per heavy atom. The zero-order chi connectivity index (χ0) is 48.0. The number of aromatic nitrogens is 8. The van der Waals surface area contributed by atoms with E-state index in [-0.39, 0.29) is 0 Å². The lowest BCUT2D eigenvalue weighted by molar-refractivity contribution is 0.884. The van der Waals surface area contributed by atoms with E-state index in [0.717, 1.165) is 71.9 Å². The molecular weight excluding hydrogens is 909 g/mol. The van der Waals surface area contributed by atoms with Crippen molar-refractivity contribution < 1.29 is 0 Å². The molecule has 0 aliphatic rings. The average molecular weight is 951 g/mol. The van der Waals surface area contributed by atoms with Gasteiger partial charge in [0.25, 0.3) is 0 Å². The molecule has 9 heteroatoms. The Hall–Kier alpha value is -9.70. The van der Waals surface area contributed by atoms with Gasteiger partial charge in [0.05, 0.1) is 44.1 Å². The second kappa shape index (κ2) is 16.2. The number of nitrogens with zero attached hydrogens (tertiary/aromatic N) is 8. The normalized spacial score (nSPS) is 12.1. The Bertz CT molecular complexity index is 4480. The smallest absolute Gasteiger partial charge is 0.242 e. The van der Waals surface area contributed by atoms with Crippen LogP contribution >= 0.6 is 0 Å². The second-order valence-corrected chi connectivity index (χ2v) is 22.5. The molecule has 0 amide bonds. The number of fused-ring (bicyclic) bond motifs is 11. The number of rotatable bonds is 8. The molecule has 0 aliphatic heterocycles. The molecule has 0 spiro atoms. The zero-order valence-electron chi connectivity index (χ0n) is 39.3. The molecule has 0 unspecified atom stereocenters. The van der Waals surface area contributed by atoms with Gasteiger partial charge in [0.1, 0.15) is 0 Å². The minimum Gasteiger partial charge on any atom is -0.309 e. The minimum absolute atomic E-state index is 0.468. The van der Waals surface area contributed by atoms with Gasteiger partial charge in [-0.3, -0.25) is 8.97 Å². The van der Waals surface area contributed by atoms with Crippen LogP contribution in [0, 0.1) is 0 Å². The summed E-state index contributed by atoms with van der Waals surface area (Å²) in [6.45, 7) is 0. The van der Waals surface area contributed by atoms with Crippen molar-refractivity contribution in [2.45, 2.75) is 0 Å². The summed E-state index contributed by atoms with van der Waals surface area (Å²) in [7, 11) is -2.87. The van der Waals surface area contributed by atoms with Gasteiger partial charge in [0.2, 0.25) is 17.7 Å². The third-order valence-corrected chi connectivity index (χ3v) is 19.6. The van der Waals surface area contributed by atoms with Crippen LogP contribution in [0.25, 0.3) is 100 Å². The third-order valence-electron chi connectivity index (χ3n) is 14.8. The van der Waals surface area contributed by atoms with E-state index in [9.17, 15) is 0 Å². The van der Waals surface area contributed by atoms with Gasteiger partial charge in [-0.2, -0.15) is 15.0 Å². The summed E-state index contributed by atoms with van der Waals surface area (Å²) in [6.07, 6.45) is 0. The molecule has 5 heterocycles. The van der Waals surface area contributed by atoms with E-state index in [0.29, 0.717) is 17.7 Å². The van der Waals surface area contributed by atoms with E-state index < -0.39 is 8.07 Å². The molecule has 15 rings (SSSR count). The zero-order valence-corrected chi connectivity index (χ0v) is 40.3. The highest BCUT2D eigenvalue weighted by Crippen LogP contribution is 2.36. The van der Waals surface area contributed by atoms with E-state index in [2.05, 4.69) is 267 Å². The second-order valence-electron chi connectivity index (χ2n) is 18.7. The Labute approximate surface area is 420 Å². The lowest BCUT2D eigenvalue weighted by Crippen LogP contribution is -2.74. The van der Waals surface area contributed by atoms with Gasteiger partial charge < -0.3 is 4.57 Å². The topological polar surface area (TPSA) is 70.8 Å². The van der Waals surface area contributed by atoms with Gasteiger partial charge >= 0.3 is 0 Å². The summed E-state index contributed by atoms with van der Waals surface area (Å²) >= 11 is 0. The maximum Gasteiger partial charge on any atom is 0.242 e. The molecule has 0 bridgehead atoms. The van der Waals surface area contributed by atoms with Crippen LogP contribution in [0.2, 0.25) is 0 Å². The van der Waals surface area contributed by atoms with E-state index >= 15 is 0 Å². The largest absolute Gasteiger partial charge is 0.309 e. The van der Waals surface area contributed by atoms with Crippen molar-refractivity contribution in [3.63, 3.8) is 0 Å². The molecule has 5 aromatic heterocycles. The monoisotopic (exact) mass is 950 g/mol. The SMILES string of the molecule is c1ccc([Si](c2ccccc2)(c2ccccc2)c2ccc3c(c2)c2ccccc2n3-c2nc(-c3cccc(-n4c5ccccc5c5ccccc54)c3)nc(-n3c4ccccc4n4c5ccccc5nc34)n2)cc1. The van der Waals surface area contributed by atoms with Crippen molar-refractivity contribution in [3.05, 3.63) is 255 Å². The molecular formula is C64H42N8Si. The van der Waals surface area contributed by atoms with Crippen molar-refractivity contribution >= 4 is 100 Å². The van der Waals surface area contributed by atoms with Crippen LogP contribution in [0.4, 0.5) is 0 Å². The van der Waals surface area contributed by atoms with Crippen molar-refractivity contribution in [2.75, 3.05) is 0 Å². The van der Waals surface area contributed by atoms with Gasteiger partial charge in [0, 0.05) is 32.8 Å². The first-order valence-electron chi connectivity index (χ1n) is 24.7. The highest BCUT2D eigenvalue weighted by molar-refractivity contribution is 7.20. The Morgan fingerprint density at radius 2 is 0.767 bits per heavy atom. The lowest BCUT2D eigenvalue weighted by Gasteiger charge is -2.34. The molecule has 0 atom stereocenters. The first-order chi connectivity index (χ1) is 36.2. The summed E-state index contributed by atoms with van der Waals surface area (Å²) in [4.78, 5) is 21.8. The fraction of sp³-hybridized carbons (Fsp3) is 0. The molecule has 73 heavy (non-hydrogen) atoms. The van der Waals surface area contributed by atoms with E-state index in [1.165, 1.54) is 31.5 Å². The van der Waals surface area contributed by atoms with Gasteiger partial charge in [-0.15, -0.1) is 0 Å². The van der Waals surface area contributed by atoms with E-state index in [1.54, 1.807) is 0 Å². The fourth-order valence-corrected chi connectivity index (χ4v) is 16.5. The van der Waals surface area contributed by atoms with Crippen molar-refractivity contribution in [3.8, 4) is 29.0 Å². The fourth-order valence-electron chi connectivity index (χ4n) is 11.7.